The van der Waals surface area contributed by atoms with E-state index in [1.165, 1.54) is 0 Å². The van der Waals surface area contributed by atoms with Gasteiger partial charge in [-0.25, -0.2) is 4.79 Å². The number of H-pyrrole nitrogens is 1. The van der Waals surface area contributed by atoms with Crippen molar-refractivity contribution in [3.8, 4) is 0 Å². The number of aromatic amines is 1. The average Bonchev–Trinajstić information content (AvgIpc) is 1.99. The molecule has 0 aromatic carbocycles. The molecule has 0 aliphatic heterocycles. The number of nitrogens with zero attached hydrogens (tertiary/aromatic N) is 1. The van der Waals surface area contributed by atoms with Crippen LogP contribution in [-0.2, 0) is 0 Å². The van der Waals surface area contributed by atoms with Crippen LogP contribution in [0, 0.1) is 5.82 Å². The zero-order valence-electron chi connectivity index (χ0n) is 6.28. The Labute approximate surface area is 70.9 Å². The maximum absolute atomic E-state index is 12.5. The van der Waals surface area contributed by atoms with Crippen molar-refractivity contribution >= 4 is 13.3 Å². The van der Waals surface area contributed by atoms with E-state index < -0.39 is 30.3 Å². The molecule has 13 heavy (non-hydrogen) atoms. The lowest BCUT2D eigenvalue weighted by Crippen LogP contribution is -2.36. The van der Waals surface area contributed by atoms with Crippen molar-refractivity contribution < 1.29 is 14.3 Å². The molecule has 68 valence electrons. The number of carbonyl (C=O) groups is 1. The fourth-order valence-corrected chi connectivity index (χ4v) is 0.746. The maximum Gasteiger partial charge on any atom is 0.378 e. The Morgan fingerprint density at radius 1 is 1.62 bits per heavy atom. The Morgan fingerprint density at radius 2 is 2.23 bits per heavy atom. The lowest BCUT2D eigenvalue weighted by Gasteiger charge is -1.97. The van der Waals surface area contributed by atoms with Gasteiger partial charge in [-0.3, -0.25) is 14.6 Å². The Hall–Kier alpha value is -1.86. The van der Waals surface area contributed by atoms with Crippen LogP contribution in [-0.4, -0.2) is 27.9 Å². The molecule has 1 heterocycles. The zero-order chi connectivity index (χ0) is 10.0. The van der Waals surface area contributed by atoms with Crippen LogP contribution in [0.4, 0.5) is 9.18 Å². The summed E-state index contributed by atoms with van der Waals surface area (Å²) in [4.78, 5) is 33.1. The Kier molecular flexibility index (Phi) is 2.31. The van der Waals surface area contributed by atoms with E-state index in [1.54, 1.807) is 4.98 Å². The number of aromatic nitrogens is 2. The molecule has 0 saturated heterocycles. The van der Waals surface area contributed by atoms with Crippen LogP contribution in [0.2, 0.25) is 0 Å². The van der Waals surface area contributed by atoms with Crippen LogP contribution in [0.25, 0.3) is 0 Å². The van der Waals surface area contributed by atoms with Gasteiger partial charge in [0.2, 0.25) is 5.82 Å². The molecular formula is C5H4BFN2O4. The largest absolute Gasteiger partial charge is 0.488 e. The first-order chi connectivity index (χ1) is 6.00. The summed E-state index contributed by atoms with van der Waals surface area (Å²) in [5, 5.41) is 8.28. The van der Waals surface area contributed by atoms with Crippen molar-refractivity contribution in [3.63, 3.8) is 0 Å². The smallest absolute Gasteiger partial charge is 0.378 e. The molecule has 0 saturated carbocycles. The number of carboxylic acid groups (broad SMARTS) is 1. The van der Waals surface area contributed by atoms with Gasteiger partial charge in [0.25, 0.3) is 11.4 Å². The van der Waals surface area contributed by atoms with E-state index in [-0.39, 0.29) is 0 Å². The number of nitrogens with one attached hydrogen (secondary N) is 1. The van der Waals surface area contributed by atoms with Crippen LogP contribution in [0.1, 0.15) is 0 Å². The van der Waals surface area contributed by atoms with Crippen molar-refractivity contribution in [2.24, 2.45) is 0 Å². The predicted molar refractivity (Wildman–Crippen MR) is 41.9 cm³/mol. The number of hydrogen-bond donors (Lipinski definition) is 2. The summed E-state index contributed by atoms with van der Waals surface area (Å²) in [5.41, 5.74) is -2.11. The third kappa shape index (κ3) is 2.04. The molecule has 0 fully saturated rings. The standard InChI is InChI=1S/C5H4BFN2O4/c7-2-1-9(6-4(11)12)5(13)8-3(2)10/h1,6H,(H,11,12)(H,8,10,13). The molecule has 0 aliphatic carbocycles. The van der Waals surface area contributed by atoms with Gasteiger partial charge in [-0.1, -0.05) is 0 Å². The van der Waals surface area contributed by atoms with Gasteiger partial charge in [-0.2, -0.15) is 4.39 Å². The van der Waals surface area contributed by atoms with Crippen LogP contribution in [0.3, 0.4) is 0 Å². The topological polar surface area (TPSA) is 92.2 Å². The molecule has 0 unspecified atom stereocenters. The molecule has 6 nitrogen and oxygen atoms in total. The van der Waals surface area contributed by atoms with Crippen molar-refractivity contribution in [3.05, 3.63) is 32.9 Å². The van der Waals surface area contributed by atoms with E-state index >= 15 is 0 Å². The SMILES string of the molecule is O=C(O)Bn1cc(F)c(=O)[nH]c1=O. The Bertz CT molecular complexity index is 451. The van der Waals surface area contributed by atoms with Gasteiger partial charge < -0.3 is 9.58 Å². The number of rotatable bonds is 2. The molecule has 8 heteroatoms. The summed E-state index contributed by atoms with van der Waals surface area (Å²) in [6, 6.07) is 0. The summed E-state index contributed by atoms with van der Waals surface area (Å²) < 4.78 is 13.1. The summed E-state index contributed by atoms with van der Waals surface area (Å²) in [5.74, 6) is -2.49. The van der Waals surface area contributed by atoms with E-state index in [0.29, 0.717) is 10.7 Å². The summed E-state index contributed by atoms with van der Waals surface area (Å²) >= 11 is 0. The molecule has 1 aromatic heterocycles. The van der Waals surface area contributed by atoms with Crippen LogP contribution in [0.15, 0.2) is 15.8 Å². The molecule has 1 rings (SSSR count). The number of halogens is 1. The lowest BCUT2D eigenvalue weighted by molar-refractivity contribution is 0.219. The highest BCUT2D eigenvalue weighted by Gasteiger charge is 2.08. The van der Waals surface area contributed by atoms with Gasteiger partial charge in [0.05, 0.1) is 0 Å². The molecule has 0 amide bonds. The summed E-state index contributed by atoms with van der Waals surface area (Å²) in [7, 11) is -0.688. The van der Waals surface area contributed by atoms with E-state index in [1.807, 2.05) is 0 Å². The third-order valence-electron chi connectivity index (χ3n) is 1.27. The Balaban J connectivity index is 3.24. The van der Waals surface area contributed by atoms with Gasteiger partial charge in [0.1, 0.15) is 0 Å². The van der Waals surface area contributed by atoms with E-state index in [0.717, 1.165) is 0 Å². The minimum atomic E-state index is -1.30. The molecular weight excluding hydrogens is 182 g/mol. The second-order valence-electron chi connectivity index (χ2n) is 2.26. The van der Waals surface area contributed by atoms with Crippen molar-refractivity contribution in [2.45, 2.75) is 0 Å². The van der Waals surface area contributed by atoms with Crippen LogP contribution >= 0.6 is 0 Å². The van der Waals surface area contributed by atoms with Gasteiger partial charge in [-0.05, 0) is 0 Å². The Morgan fingerprint density at radius 3 is 2.77 bits per heavy atom. The first-order valence-corrected chi connectivity index (χ1v) is 3.22. The van der Waals surface area contributed by atoms with E-state index in [4.69, 9.17) is 5.11 Å². The third-order valence-corrected chi connectivity index (χ3v) is 1.27. The first-order valence-electron chi connectivity index (χ1n) is 3.22. The van der Waals surface area contributed by atoms with Crippen molar-refractivity contribution in [2.75, 3.05) is 0 Å². The number of hydrogen-bond acceptors (Lipinski definition) is 3. The fourth-order valence-electron chi connectivity index (χ4n) is 0.746. The predicted octanol–water partition coefficient (Wildman–Crippen LogP) is -1.45. The second-order valence-corrected chi connectivity index (χ2v) is 2.26. The minimum absolute atomic E-state index is 0.551. The van der Waals surface area contributed by atoms with Crippen molar-refractivity contribution in [1.82, 2.24) is 9.46 Å². The average molecular weight is 186 g/mol. The maximum atomic E-state index is 12.5. The molecule has 0 atom stereocenters. The highest BCUT2D eigenvalue weighted by Crippen LogP contribution is 1.81. The summed E-state index contributed by atoms with van der Waals surface area (Å²) in [6.45, 7) is 0. The fraction of sp³-hybridized carbons (Fsp3) is 0. The molecule has 0 radical (unpaired) electrons. The highest BCUT2D eigenvalue weighted by molar-refractivity contribution is 6.70. The van der Waals surface area contributed by atoms with Crippen molar-refractivity contribution in [1.29, 1.82) is 0 Å². The van der Waals surface area contributed by atoms with Gasteiger partial charge >= 0.3 is 13.1 Å². The normalized spacial score (nSPS) is 9.62. The zero-order valence-corrected chi connectivity index (χ0v) is 6.28. The van der Waals surface area contributed by atoms with Gasteiger partial charge in [0, 0.05) is 6.20 Å². The van der Waals surface area contributed by atoms with E-state index in [9.17, 15) is 18.8 Å². The molecule has 2 N–H and O–H groups in total. The molecule has 0 aliphatic rings. The molecule has 0 bridgehead atoms. The van der Waals surface area contributed by atoms with E-state index in [2.05, 4.69) is 0 Å². The minimum Gasteiger partial charge on any atom is -0.488 e. The van der Waals surface area contributed by atoms with Crippen LogP contribution < -0.4 is 11.2 Å². The second kappa shape index (κ2) is 3.25. The highest BCUT2D eigenvalue weighted by atomic mass is 19.1. The quantitative estimate of drug-likeness (QED) is 0.552. The molecule has 0 spiro atoms. The van der Waals surface area contributed by atoms with Gasteiger partial charge in [0.15, 0.2) is 0 Å². The van der Waals surface area contributed by atoms with Crippen LogP contribution in [0.5, 0.6) is 0 Å². The lowest BCUT2D eigenvalue weighted by atomic mass is 9.95. The molecule has 1 aromatic rings. The van der Waals surface area contributed by atoms with Gasteiger partial charge in [-0.15, -0.1) is 0 Å². The first kappa shape index (κ1) is 9.23. The monoisotopic (exact) mass is 186 g/mol. The summed E-state index contributed by atoms with van der Waals surface area (Å²) in [6.07, 6.45) is 0.551.